The molecule has 0 fully saturated rings. The van der Waals surface area contributed by atoms with Gasteiger partial charge in [0.2, 0.25) is 0 Å². The average Bonchev–Trinajstić information content (AvgIpc) is 2.74. The van der Waals surface area contributed by atoms with Gasteiger partial charge in [-0.2, -0.15) is 0 Å². The van der Waals surface area contributed by atoms with Crippen molar-refractivity contribution in [2.24, 2.45) is 41.2 Å². The van der Waals surface area contributed by atoms with E-state index >= 15 is 0 Å². The first-order valence-electron chi connectivity index (χ1n) is 17.9. The summed E-state index contributed by atoms with van der Waals surface area (Å²) in [4.78, 5) is 0. The van der Waals surface area contributed by atoms with Gasteiger partial charge in [-0.25, -0.2) is 0 Å². The first-order chi connectivity index (χ1) is 18.2. The van der Waals surface area contributed by atoms with Gasteiger partial charge in [-0.3, -0.25) is 0 Å². The molecule has 0 aliphatic carbocycles. The molecule has 0 radical (unpaired) electrons. The smallest absolute Gasteiger partial charge is 0.0548 e. The SMILES string of the molecule is CC(C)C[Si](CC(C)C)(CC(C)C)C(CCCCCCCCCCCN)[Si](CC(C)C)(CC(C)C)CC(C)C. The van der Waals surface area contributed by atoms with Crippen LogP contribution in [0, 0.1) is 35.5 Å². The van der Waals surface area contributed by atoms with E-state index in [2.05, 4.69) is 83.1 Å². The Balaban J connectivity index is 6.28. The molecule has 0 rings (SSSR count). The molecule has 0 aromatic rings. The van der Waals surface area contributed by atoms with E-state index in [0.717, 1.165) is 47.2 Å². The van der Waals surface area contributed by atoms with E-state index in [-0.39, 0.29) is 0 Å². The lowest BCUT2D eigenvalue weighted by molar-refractivity contribution is 0.544. The lowest BCUT2D eigenvalue weighted by atomic mass is 10.1. The van der Waals surface area contributed by atoms with Crippen LogP contribution in [-0.4, -0.2) is 22.7 Å². The lowest BCUT2D eigenvalue weighted by Crippen LogP contribution is -2.57. The van der Waals surface area contributed by atoms with Crippen LogP contribution in [0.3, 0.4) is 0 Å². The molecule has 0 saturated carbocycles. The van der Waals surface area contributed by atoms with Gasteiger partial charge in [-0.05, 0) is 53.6 Å². The summed E-state index contributed by atoms with van der Waals surface area (Å²) in [6.45, 7) is 31.6. The van der Waals surface area contributed by atoms with E-state index < -0.39 is 16.1 Å². The summed E-state index contributed by atoms with van der Waals surface area (Å²) < 4.78 is 0. The highest BCUT2D eigenvalue weighted by Crippen LogP contribution is 2.54. The molecular formula is C36H79NSi2. The molecule has 0 aromatic heterocycles. The minimum absolute atomic E-state index is 0.847. The Kier molecular flexibility index (Phi) is 21.4. The van der Waals surface area contributed by atoms with Crippen molar-refractivity contribution in [3.05, 3.63) is 0 Å². The van der Waals surface area contributed by atoms with Gasteiger partial charge < -0.3 is 5.73 Å². The molecule has 2 N–H and O–H groups in total. The van der Waals surface area contributed by atoms with Crippen LogP contribution in [0.2, 0.25) is 41.4 Å². The fourth-order valence-electron chi connectivity index (χ4n) is 9.22. The Bertz CT molecular complexity index is 475. The summed E-state index contributed by atoms with van der Waals surface area (Å²) in [7, 11) is -2.99. The van der Waals surface area contributed by atoms with Crippen molar-refractivity contribution in [3.8, 4) is 0 Å². The van der Waals surface area contributed by atoms with Crippen molar-refractivity contribution < 1.29 is 0 Å². The standard InChI is InChI=1S/C36H79NSi2/c1-30(2)24-38(25-31(3)4,26-32(5)6)36(22-20-18-16-14-13-15-17-19-21-23-37)39(27-33(7)8,28-34(9)10)29-35(11)12/h30-36H,13-29,37H2,1-12H3. The van der Waals surface area contributed by atoms with Crippen LogP contribution in [-0.2, 0) is 0 Å². The van der Waals surface area contributed by atoms with Crippen molar-refractivity contribution in [2.45, 2.75) is 189 Å². The predicted molar refractivity (Wildman–Crippen MR) is 188 cm³/mol. The van der Waals surface area contributed by atoms with E-state index in [1.165, 1.54) is 57.8 Å². The van der Waals surface area contributed by atoms with Gasteiger partial charge in [0.05, 0.1) is 16.1 Å². The fraction of sp³-hybridized carbons (Fsp3) is 1.00. The number of hydrogen-bond acceptors (Lipinski definition) is 1. The van der Waals surface area contributed by atoms with Gasteiger partial charge in [0, 0.05) is 0 Å². The molecule has 0 aromatic carbocycles. The predicted octanol–water partition coefficient (Wildman–Crippen LogP) is 12.6. The maximum absolute atomic E-state index is 5.67. The van der Waals surface area contributed by atoms with E-state index in [1.807, 2.05) is 0 Å². The van der Waals surface area contributed by atoms with Gasteiger partial charge in [0.15, 0.2) is 0 Å². The van der Waals surface area contributed by atoms with Gasteiger partial charge in [0.1, 0.15) is 0 Å². The normalized spacial score (nSPS) is 13.5. The van der Waals surface area contributed by atoms with E-state index in [9.17, 15) is 0 Å². The zero-order valence-corrected chi connectivity index (χ0v) is 31.6. The number of unbranched alkanes of at least 4 members (excludes halogenated alkanes) is 8. The van der Waals surface area contributed by atoms with Crippen LogP contribution in [0.4, 0.5) is 0 Å². The van der Waals surface area contributed by atoms with Gasteiger partial charge in [-0.1, -0.05) is 177 Å². The maximum atomic E-state index is 5.67. The summed E-state index contributed by atoms with van der Waals surface area (Å²) in [6.07, 6.45) is 14.3. The van der Waals surface area contributed by atoms with Crippen LogP contribution in [0.1, 0.15) is 147 Å². The van der Waals surface area contributed by atoms with Gasteiger partial charge >= 0.3 is 0 Å². The van der Waals surface area contributed by atoms with Crippen molar-refractivity contribution in [3.63, 3.8) is 0 Å². The van der Waals surface area contributed by atoms with Gasteiger partial charge in [0.25, 0.3) is 0 Å². The van der Waals surface area contributed by atoms with E-state index in [1.54, 1.807) is 42.7 Å². The molecule has 0 unspecified atom stereocenters. The molecule has 3 heteroatoms. The zero-order valence-electron chi connectivity index (χ0n) is 29.6. The molecule has 0 heterocycles. The van der Waals surface area contributed by atoms with Crippen molar-refractivity contribution in [1.29, 1.82) is 0 Å². The monoisotopic (exact) mass is 582 g/mol. The zero-order chi connectivity index (χ0) is 30.1. The fourth-order valence-corrected chi connectivity index (χ4v) is 30.6. The number of hydrogen-bond donors (Lipinski definition) is 1. The minimum Gasteiger partial charge on any atom is -0.330 e. The van der Waals surface area contributed by atoms with Crippen LogP contribution >= 0.6 is 0 Å². The number of rotatable bonds is 25. The second-order valence-electron chi connectivity index (χ2n) is 16.6. The van der Waals surface area contributed by atoms with Crippen molar-refractivity contribution >= 4 is 16.1 Å². The highest BCUT2D eigenvalue weighted by atomic mass is 28.4. The summed E-state index contributed by atoms with van der Waals surface area (Å²) in [5.41, 5.74) is 5.67. The van der Waals surface area contributed by atoms with Crippen LogP contribution in [0.5, 0.6) is 0 Å². The lowest BCUT2D eigenvalue weighted by Gasteiger charge is -2.54. The molecule has 236 valence electrons. The van der Waals surface area contributed by atoms with Gasteiger partial charge in [-0.15, -0.1) is 0 Å². The summed E-state index contributed by atoms with van der Waals surface area (Å²) >= 11 is 0. The number of nitrogens with two attached hydrogens (primary N) is 1. The molecule has 39 heavy (non-hydrogen) atoms. The Hall–Kier alpha value is 0.394. The Labute approximate surface area is 252 Å². The highest BCUT2D eigenvalue weighted by Gasteiger charge is 2.53. The second-order valence-corrected chi connectivity index (χ2v) is 26.5. The molecule has 0 bridgehead atoms. The molecule has 0 aliphatic rings. The van der Waals surface area contributed by atoms with Crippen LogP contribution < -0.4 is 5.73 Å². The van der Waals surface area contributed by atoms with E-state index in [4.69, 9.17) is 5.73 Å². The first kappa shape index (κ1) is 39.4. The molecule has 0 atom stereocenters. The molecule has 0 saturated heterocycles. The summed E-state index contributed by atoms with van der Waals surface area (Å²) in [6, 6.07) is 9.50. The maximum Gasteiger partial charge on any atom is 0.0548 e. The third-order valence-electron chi connectivity index (χ3n) is 9.06. The Morgan fingerprint density at radius 2 is 0.590 bits per heavy atom. The van der Waals surface area contributed by atoms with Crippen LogP contribution in [0.25, 0.3) is 0 Å². The van der Waals surface area contributed by atoms with Crippen molar-refractivity contribution in [2.75, 3.05) is 6.54 Å². The second kappa shape index (κ2) is 21.1. The molecular weight excluding hydrogens is 503 g/mol. The third-order valence-corrected chi connectivity index (χ3v) is 26.0. The van der Waals surface area contributed by atoms with E-state index in [0.29, 0.717) is 0 Å². The topological polar surface area (TPSA) is 26.0 Å². The average molecular weight is 582 g/mol. The summed E-state index contributed by atoms with van der Waals surface area (Å²) in [5.74, 6) is 5.08. The quantitative estimate of drug-likeness (QED) is 0.0841. The molecule has 0 spiro atoms. The first-order valence-corrected chi connectivity index (χ1v) is 23.3. The summed E-state index contributed by atoms with van der Waals surface area (Å²) in [5, 5.41) is 1.11. The minimum atomic E-state index is -1.49. The Morgan fingerprint density at radius 1 is 0.359 bits per heavy atom. The highest BCUT2D eigenvalue weighted by molar-refractivity contribution is 6.99. The van der Waals surface area contributed by atoms with Crippen LogP contribution in [0.15, 0.2) is 0 Å². The Morgan fingerprint density at radius 3 is 0.821 bits per heavy atom. The molecule has 0 amide bonds. The third kappa shape index (κ3) is 17.2. The molecule has 0 aliphatic heterocycles. The largest absolute Gasteiger partial charge is 0.330 e. The van der Waals surface area contributed by atoms with Crippen molar-refractivity contribution in [1.82, 2.24) is 0 Å². The molecule has 1 nitrogen and oxygen atoms in total.